The Morgan fingerprint density at radius 1 is 0.978 bits per heavy atom. The van der Waals surface area contributed by atoms with E-state index in [2.05, 4.69) is 17.2 Å². The highest BCUT2D eigenvalue weighted by molar-refractivity contribution is 5.91. The lowest BCUT2D eigenvalue weighted by molar-refractivity contribution is -0.187. The van der Waals surface area contributed by atoms with Crippen LogP contribution in [-0.4, -0.2) is 110 Å². The first kappa shape index (κ1) is 33.1. The molecule has 0 aromatic heterocycles. The smallest absolute Gasteiger partial charge is 0.407 e. The molecule has 0 saturated carbocycles. The summed E-state index contributed by atoms with van der Waals surface area (Å²) in [4.78, 5) is 56.1. The van der Waals surface area contributed by atoms with Gasteiger partial charge in [-0.3, -0.25) is 9.59 Å². The van der Waals surface area contributed by atoms with Crippen molar-refractivity contribution < 1.29 is 33.4 Å². The second kappa shape index (κ2) is 15.8. The fourth-order valence-electron chi connectivity index (χ4n) is 5.51. The van der Waals surface area contributed by atoms with Crippen LogP contribution < -0.4 is 20.1 Å². The van der Waals surface area contributed by atoms with Crippen molar-refractivity contribution in [2.24, 2.45) is 0 Å². The minimum Gasteiger partial charge on any atom is -0.497 e. The third kappa shape index (κ3) is 8.44. The van der Waals surface area contributed by atoms with Gasteiger partial charge >= 0.3 is 12.1 Å². The van der Waals surface area contributed by atoms with Crippen molar-refractivity contribution in [2.45, 2.75) is 38.0 Å². The van der Waals surface area contributed by atoms with Gasteiger partial charge in [-0.2, -0.15) is 0 Å². The van der Waals surface area contributed by atoms with Gasteiger partial charge in [0, 0.05) is 26.7 Å². The molecular formula is C32H42N6O7. The zero-order valence-corrected chi connectivity index (χ0v) is 26.1. The van der Waals surface area contributed by atoms with Gasteiger partial charge in [-0.15, -0.1) is 0 Å². The van der Waals surface area contributed by atoms with E-state index in [0.29, 0.717) is 31.6 Å². The Hall–Kier alpha value is -4.78. The molecule has 2 heterocycles. The SMILES string of the molecule is C=CCOC(=O)NCCC[C@H]1C(=O)N(CCc2ccc(OC)cc2)C[C@H]2N1C(=O)CN(C)N2C(=O)NCc1ccc(OC)cc1. The summed E-state index contributed by atoms with van der Waals surface area (Å²) in [5.74, 6) is 1.02. The number of fused-ring (bicyclic) bond motifs is 1. The first-order chi connectivity index (χ1) is 21.7. The molecule has 0 radical (unpaired) electrons. The number of carbonyl (C=O) groups is 4. The highest BCUT2D eigenvalue weighted by atomic mass is 16.5. The van der Waals surface area contributed by atoms with Crippen molar-refractivity contribution in [2.75, 3.05) is 54.1 Å². The van der Waals surface area contributed by atoms with E-state index in [-0.39, 0.29) is 50.6 Å². The zero-order valence-electron chi connectivity index (χ0n) is 26.1. The van der Waals surface area contributed by atoms with Gasteiger partial charge in [0.05, 0.1) is 27.3 Å². The van der Waals surface area contributed by atoms with Crippen LogP contribution in [0.5, 0.6) is 11.5 Å². The topological polar surface area (TPSA) is 133 Å². The molecule has 2 aromatic rings. The summed E-state index contributed by atoms with van der Waals surface area (Å²) < 4.78 is 15.4. The number of carbonyl (C=O) groups excluding carboxylic acids is 4. The Bertz CT molecular complexity index is 1340. The van der Waals surface area contributed by atoms with E-state index in [1.165, 1.54) is 16.0 Å². The molecule has 2 atom stereocenters. The van der Waals surface area contributed by atoms with E-state index in [4.69, 9.17) is 14.2 Å². The number of hydrogen-bond donors (Lipinski definition) is 2. The van der Waals surface area contributed by atoms with Gasteiger partial charge in [0.15, 0.2) is 0 Å². The van der Waals surface area contributed by atoms with Crippen LogP contribution in [-0.2, 0) is 27.3 Å². The van der Waals surface area contributed by atoms with Gasteiger partial charge in [0.2, 0.25) is 11.8 Å². The minimum atomic E-state index is -0.802. The van der Waals surface area contributed by atoms with E-state index in [9.17, 15) is 19.2 Å². The number of hydrogen-bond acceptors (Lipinski definition) is 8. The van der Waals surface area contributed by atoms with Crippen LogP contribution >= 0.6 is 0 Å². The summed E-state index contributed by atoms with van der Waals surface area (Å²) in [5, 5.41) is 8.74. The number of rotatable bonds is 13. The quantitative estimate of drug-likeness (QED) is 0.257. The Kier molecular flexibility index (Phi) is 11.6. The molecule has 242 valence electrons. The van der Waals surface area contributed by atoms with Gasteiger partial charge in [-0.25, -0.2) is 19.6 Å². The number of likely N-dealkylation sites (N-methyl/N-ethyl adjacent to an activating group) is 1. The van der Waals surface area contributed by atoms with Crippen LogP contribution in [0.2, 0.25) is 0 Å². The number of methoxy groups -OCH3 is 2. The lowest BCUT2D eigenvalue weighted by Crippen LogP contribution is -2.76. The van der Waals surface area contributed by atoms with Gasteiger partial charge in [-0.05, 0) is 54.7 Å². The number of nitrogens with one attached hydrogen (secondary N) is 2. The molecule has 2 N–H and O–H groups in total. The number of benzene rings is 2. The lowest BCUT2D eigenvalue weighted by Gasteiger charge is -2.54. The summed E-state index contributed by atoms with van der Waals surface area (Å²) in [6.07, 6.45) is 1.47. The molecule has 2 aliphatic heterocycles. The molecule has 2 aliphatic rings. The molecular weight excluding hydrogens is 580 g/mol. The number of amides is 5. The number of hydrazine groups is 1. The standard InChI is InChI=1S/C32H42N6O7/c1-5-19-45-32(42)33-17-6-7-27-30(40)36(18-16-23-8-12-25(43-3)13-9-23)21-28-37(27)29(39)22-35(2)38(28)31(41)34-20-24-10-14-26(44-4)15-11-24/h5,8-15,27-28H,1,6-7,16-22H2,2-4H3,(H,33,42)(H,34,41)/t27-,28-/m0/s1. The van der Waals surface area contributed by atoms with E-state index in [1.807, 2.05) is 48.5 Å². The van der Waals surface area contributed by atoms with Gasteiger partial charge in [0.1, 0.15) is 30.3 Å². The Labute approximate surface area is 263 Å². The predicted molar refractivity (Wildman–Crippen MR) is 166 cm³/mol. The van der Waals surface area contributed by atoms with Crippen LogP contribution in [0.3, 0.4) is 0 Å². The minimum absolute atomic E-state index is 0.0613. The number of ether oxygens (including phenoxy) is 3. The molecule has 13 heteroatoms. The summed E-state index contributed by atoms with van der Waals surface area (Å²) >= 11 is 0. The second-order valence-electron chi connectivity index (χ2n) is 10.8. The monoisotopic (exact) mass is 622 g/mol. The van der Waals surface area contributed by atoms with Crippen LogP contribution in [0, 0.1) is 0 Å². The molecule has 2 fully saturated rings. The maximum absolute atomic E-state index is 13.9. The second-order valence-corrected chi connectivity index (χ2v) is 10.8. The van der Waals surface area contributed by atoms with E-state index >= 15 is 0 Å². The molecule has 0 aliphatic carbocycles. The molecule has 13 nitrogen and oxygen atoms in total. The van der Waals surface area contributed by atoms with Crippen LogP contribution in [0.15, 0.2) is 61.2 Å². The Morgan fingerprint density at radius 2 is 1.62 bits per heavy atom. The van der Waals surface area contributed by atoms with Crippen molar-refractivity contribution in [1.82, 2.24) is 30.5 Å². The summed E-state index contributed by atoms with van der Waals surface area (Å²) in [7, 11) is 4.88. The molecule has 0 spiro atoms. The van der Waals surface area contributed by atoms with E-state index < -0.39 is 18.3 Å². The summed E-state index contributed by atoms with van der Waals surface area (Å²) in [6, 6.07) is 13.8. The fourth-order valence-corrected chi connectivity index (χ4v) is 5.51. The van der Waals surface area contributed by atoms with Crippen LogP contribution in [0.25, 0.3) is 0 Å². The zero-order chi connectivity index (χ0) is 32.3. The van der Waals surface area contributed by atoms with Crippen molar-refractivity contribution in [3.63, 3.8) is 0 Å². The van der Waals surface area contributed by atoms with E-state index in [0.717, 1.165) is 16.9 Å². The molecule has 2 aromatic carbocycles. The van der Waals surface area contributed by atoms with Crippen LogP contribution in [0.4, 0.5) is 9.59 Å². The number of nitrogens with zero attached hydrogens (tertiary/aromatic N) is 4. The van der Waals surface area contributed by atoms with Crippen molar-refractivity contribution in [3.05, 3.63) is 72.3 Å². The average molecular weight is 623 g/mol. The van der Waals surface area contributed by atoms with Crippen LogP contribution in [0.1, 0.15) is 24.0 Å². The lowest BCUT2D eigenvalue weighted by atomic mass is 10.0. The maximum atomic E-state index is 13.9. The third-order valence-electron chi connectivity index (χ3n) is 7.84. The van der Waals surface area contributed by atoms with Crippen molar-refractivity contribution >= 4 is 23.9 Å². The first-order valence-corrected chi connectivity index (χ1v) is 14.9. The highest BCUT2D eigenvalue weighted by Gasteiger charge is 2.50. The van der Waals surface area contributed by atoms with Crippen molar-refractivity contribution in [1.29, 1.82) is 0 Å². The van der Waals surface area contributed by atoms with E-state index in [1.54, 1.807) is 31.2 Å². The predicted octanol–water partition coefficient (Wildman–Crippen LogP) is 2.38. The molecule has 0 unspecified atom stereocenters. The third-order valence-corrected chi connectivity index (χ3v) is 7.84. The highest BCUT2D eigenvalue weighted by Crippen LogP contribution is 2.28. The fraction of sp³-hybridized carbons (Fsp3) is 0.438. The molecule has 2 saturated heterocycles. The number of piperazine rings is 1. The normalized spacial score (nSPS) is 18.2. The maximum Gasteiger partial charge on any atom is 0.407 e. The van der Waals surface area contributed by atoms with Gasteiger partial charge in [-0.1, -0.05) is 36.9 Å². The van der Waals surface area contributed by atoms with Crippen molar-refractivity contribution in [3.8, 4) is 11.5 Å². The first-order valence-electron chi connectivity index (χ1n) is 14.9. The molecule has 4 rings (SSSR count). The summed E-state index contributed by atoms with van der Waals surface area (Å²) in [6.45, 7) is 4.63. The Balaban J connectivity index is 1.51. The molecule has 0 bridgehead atoms. The number of alkyl carbamates (subject to hydrolysis) is 1. The Morgan fingerprint density at radius 3 is 2.24 bits per heavy atom. The number of urea groups is 1. The molecule has 45 heavy (non-hydrogen) atoms. The van der Waals surface area contributed by atoms with Gasteiger partial charge in [0.25, 0.3) is 0 Å². The largest absolute Gasteiger partial charge is 0.497 e. The van der Waals surface area contributed by atoms with Gasteiger partial charge < -0.3 is 34.6 Å². The average Bonchev–Trinajstić information content (AvgIpc) is 3.05. The molecule has 5 amide bonds. The summed E-state index contributed by atoms with van der Waals surface area (Å²) in [5.41, 5.74) is 1.91.